The predicted octanol–water partition coefficient (Wildman–Crippen LogP) is 3.42. The number of likely N-dealkylation sites (N-methyl/N-ethyl adjacent to an activating group) is 1. The topological polar surface area (TPSA) is 48.9 Å². The average molecular weight is 492 g/mol. The second kappa shape index (κ2) is 13.3. The Bertz CT molecular complexity index is 567. The number of halogens is 2. The first-order valence-electron chi connectivity index (χ1n) is 9.62. The fraction of sp³-hybridized carbons (Fsp3) is 0.650. The highest BCUT2D eigenvalue weighted by atomic mass is 127. The molecule has 1 fully saturated rings. The molecule has 154 valence electrons. The molecule has 0 radical (unpaired) electrons. The summed E-state index contributed by atoms with van der Waals surface area (Å²) >= 11 is 0. The van der Waals surface area contributed by atoms with E-state index in [0.717, 1.165) is 50.2 Å². The van der Waals surface area contributed by atoms with Crippen molar-refractivity contribution in [2.75, 3.05) is 46.9 Å². The maximum atomic E-state index is 13.5. The van der Waals surface area contributed by atoms with Crippen molar-refractivity contribution in [2.24, 2.45) is 10.9 Å². The van der Waals surface area contributed by atoms with Gasteiger partial charge in [0.2, 0.25) is 0 Å². The van der Waals surface area contributed by atoms with E-state index in [9.17, 15) is 4.39 Å². The first-order chi connectivity index (χ1) is 12.6. The van der Waals surface area contributed by atoms with Gasteiger partial charge in [-0.1, -0.05) is 12.1 Å². The molecule has 27 heavy (non-hydrogen) atoms. The Morgan fingerprint density at radius 3 is 2.74 bits per heavy atom. The average Bonchev–Trinajstić information content (AvgIpc) is 3.42. The summed E-state index contributed by atoms with van der Waals surface area (Å²) in [6.45, 7) is 5.93. The summed E-state index contributed by atoms with van der Waals surface area (Å²) in [5, 5.41) is 6.61. The van der Waals surface area contributed by atoms with Crippen molar-refractivity contribution >= 4 is 29.9 Å². The van der Waals surface area contributed by atoms with Crippen molar-refractivity contribution in [3.05, 3.63) is 35.6 Å². The van der Waals surface area contributed by atoms with Crippen LogP contribution in [0, 0.1) is 11.7 Å². The maximum absolute atomic E-state index is 13.5. The van der Waals surface area contributed by atoms with Crippen LogP contribution in [0.25, 0.3) is 0 Å². The van der Waals surface area contributed by atoms with Crippen molar-refractivity contribution in [3.8, 4) is 0 Å². The van der Waals surface area contributed by atoms with Crippen LogP contribution in [-0.2, 0) is 4.74 Å². The van der Waals surface area contributed by atoms with E-state index in [-0.39, 0.29) is 35.8 Å². The highest BCUT2D eigenvalue weighted by Crippen LogP contribution is 2.28. The molecule has 0 spiro atoms. The third-order valence-corrected chi connectivity index (χ3v) is 4.43. The fourth-order valence-corrected chi connectivity index (χ4v) is 2.72. The molecule has 0 bridgehead atoms. The minimum absolute atomic E-state index is 0. The molecular weight excluding hydrogens is 458 g/mol. The summed E-state index contributed by atoms with van der Waals surface area (Å²) in [7, 11) is 3.98. The van der Waals surface area contributed by atoms with Crippen LogP contribution in [0.2, 0.25) is 0 Å². The van der Waals surface area contributed by atoms with Gasteiger partial charge in [0.25, 0.3) is 0 Å². The van der Waals surface area contributed by atoms with Gasteiger partial charge in [-0.25, -0.2) is 4.39 Å². The Morgan fingerprint density at radius 1 is 1.33 bits per heavy atom. The molecule has 0 saturated heterocycles. The Kier molecular flexibility index (Phi) is 11.9. The number of benzene rings is 1. The van der Waals surface area contributed by atoms with Crippen molar-refractivity contribution in [1.29, 1.82) is 0 Å². The zero-order valence-corrected chi connectivity index (χ0v) is 19.0. The molecular formula is C20H34FIN4O. The van der Waals surface area contributed by atoms with Gasteiger partial charge in [-0.2, -0.15) is 0 Å². The summed E-state index contributed by atoms with van der Waals surface area (Å²) in [4.78, 5) is 6.75. The maximum Gasteiger partial charge on any atom is 0.191 e. The SMILES string of the molecule is CCNC(=NCC(c1cccc(F)c1)N(C)C)NCCCOCC1CC1.I. The first kappa shape index (κ1) is 24.1. The van der Waals surface area contributed by atoms with E-state index in [2.05, 4.69) is 20.5 Å². The van der Waals surface area contributed by atoms with E-state index in [0.29, 0.717) is 6.54 Å². The molecule has 1 aromatic rings. The first-order valence-corrected chi connectivity index (χ1v) is 9.62. The minimum atomic E-state index is -0.213. The van der Waals surface area contributed by atoms with E-state index in [1.807, 2.05) is 27.1 Å². The van der Waals surface area contributed by atoms with Gasteiger partial charge in [-0.15, -0.1) is 24.0 Å². The van der Waals surface area contributed by atoms with E-state index >= 15 is 0 Å². The van der Waals surface area contributed by atoms with Crippen LogP contribution in [-0.4, -0.2) is 57.8 Å². The Balaban J connectivity index is 0.00000364. The minimum Gasteiger partial charge on any atom is -0.381 e. The van der Waals surface area contributed by atoms with Crippen LogP contribution in [0.15, 0.2) is 29.3 Å². The zero-order chi connectivity index (χ0) is 18.8. The number of hydrogen-bond donors (Lipinski definition) is 2. The third-order valence-electron chi connectivity index (χ3n) is 4.43. The van der Waals surface area contributed by atoms with E-state index in [1.54, 1.807) is 12.1 Å². The van der Waals surface area contributed by atoms with Crippen LogP contribution in [0.5, 0.6) is 0 Å². The lowest BCUT2D eigenvalue weighted by atomic mass is 10.1. The van der Waals surface area contributed by atoms with Gasteiger partial charge in [-0.05, 0) is 63.9 Å². The van der Waals surface area contributed by atoms with Crippen LogP contribution >= 0.6 is 24.0 Å². The Hall–Kier alpha value is -0.930. The van der Waals surface area contributed by atoms with Gasteiger partial charge in [0.05, 0.1) is 12.6 Å². The molecule has 0 heterocycles. The summed E-state index contributed by atoms with van der Waals surface area (Å²) < 4.78 is 19.2. The molecule has 7 heteroatoms. The molecule has 0 amide bonds. The molecule has 1 saturated carbocycles. The number of ether oxygens (including phenoxy) is 1. The molecule has 0 aliphatic heterocycles. The number of rotatable bonds is 11. The predicted molar refractivity (Wildman–Crippen MR) is 120 cm³/mol. The Labute approximate surface area is 180 Å². The van der Waals surface area contributed by atoms with Crippen molar-refractivity contribution in [1.82, 2.24) is 15.5 Å². The molecule has 5 nitrogen and oxygen atoms in total. The molecule has 1 aliphatic rings. The fourth-order valence-electron chi connectivity index (χ4n) is 2.72. The van der Waals surface area contributed by atoms with E-state index < -0.39 is 0 Å². The number of nitrogens with zero attached hydrogens (tertiary/aromatic N) is 2. The molecule has 2 rings (SSSR count). The summed E-state index contributed by atoms with van der Waals surface area (Å²) in [5.41, 5.74) is 0.933. The van der Waals surface area contributed by atoms with Gasteiger partial charge in [-0.3, -0.25) is 4.99 Å². The van der Waals surface area contributed by atoms with E-state index in [4.69, 9.17) is 4.74 Å². The number of hydrogen-bond acceptors (Lipinski definition) is 3. The van der Waals surface area contributed by atoms with Gasteiger partial charge >= 0.3 is 0 Å². The molecule has 1 unspecified atom stereocenters. The molecule has 1 aromatic carbocycles. The van der Waals surface area contributed by atoms with Crippen molar-refractivity contribution < 1.29 is 9.13 Å². The van der Waals surface area contributed by atoms with Gasteiger partial charge < -0.3 is 20.3 Å². The van der Waals surface area contributed by atoms with Gasteiger partial charge in [0.1, 0.15) is 5.82 Å². The smallest absolute Gasteiger partial charge is 0.191 e. The lowest BCUT2D eigenvalue weighted by Gasteiger charge is -2.23. The van der Waals surface area contributed by atoms with E-state index in [1.165, 1.54) is 18.9 Å². The lowest BCUT2D eigenvalue weighted by Crippen LogP contribution is -2.38. The lowest BCUT2D eigenvalue weighted by molar-refractivity contribution is 0.123. The van der Waals surface area contributed by atoms with Crippen molar-refractivity contribution in [3.63, 3.8) is 0 Å². The molecule has 1 aliphatic carbocycles. The molecule has 2 N–H and O–H groups in total. The van der Waals surface area contributed by atoms with Crippen LogP contribution in [0.1, 0.15) is 37.8 Å². The summed E-state index contributed by atoms with van der Waals surface area (Å²) in [6.07, 6.45) is 3.61. The second-order valence-corrected chi connectivity index (χ2v) is 7.05. The van der Waals surface area contributed by atoms with Gasteiger partial charge in [0, 0.05) is 26.3 Å². The molecule has 1 atom stereocenters. The van der Waals surface area contributed by atoms with Crippen LogP contribution in [0.4, 0.5) is 4.39 Å². The van der Waals surface area contributed by atoms with Gasteiger partial charge in [0.15, 0.2) is 5.96 Å². The number of guanidine groups is 1. The highest BCUT2D eigenvalue weighted by Gasteiger charge is 2.20. The molecule has 0 aromatic heterocycles. The Morgan fingerprint density at radius 2 is 2.11 bits per heavy atom. The highest BCUT2D eigenvalue weighted by molar-refractivity contribution is 14.0. The largest absolute Gasteiger partial charge is 0.381 e. The second-order valence-electron chi connectivity index (χ2n) is 7.05. The normalized spacial score (nSPS) is 15.4. The summed E-state index contributed by atoms with van der Waals surface area (Å²) in [5.74, 6) is 1.39. The monoisotopic (exact) mass is 492 g/mol. The third kappa shape index (κ3) is 9.71. The standard InChI is InChI=1S/C20H33FN4O.HI/c1-4-22-20(23-11-6-12-26-15-16-9-10-16)24-14-19(25(2)3)17-7-5-8-18(21)13-17;/h5,7-8,13,16,19H,4,6,9-12,14-15H2,1-3H3,(H2,22,23,24);1H. The van der Waals surface area contributed by atoms with Crippen molar-refractivity contribution in [2.45, 2.75) is 32.2 Å². The zero-order valence-electron chi connectivity index (χ0n) is 16.7. The quantitative estimate of drug-likeness (QED) is 0.215. The van der Waals surface area contributed by atoms with Crippen LogP contribution in [0.3, 0.4) is 0 Å². The number of aliphatic imine (C=N–C) groups is 1. The number of nitrogens with one attached hydrogen (secondary N) is 2. The summed E-state index contributed by atoms with van der Waals surface area (Å²) in [6, 6.07) is 6.77. The van der Waals surface area contributed by atoms with Crippen LogP contribution < -0.4 is 10.6 Å².